The quantitative estimate of drug-likeness (QED) is 0.700. The monoisotopic (exact) mass is 369 g/mol. The molecule has 1 nitrogen and oxygen atoms in total. The van der Waals surface area contributed by atoms with Gasteiger partial charge in [-0.05, 0) is 55.4 Å². The van der Waals surface area contributed by atoms with Crippen LogP contribution in [0.4, 0.5) is 0 Å². The van der Waals surface area contributed by atoms with E-state index >= 15 is 0 Å². The Morgan fingerprint density at radius 3 is 2.75 bits per heavy atom. The molecule has 106 valence electrons. The van der Waals surface area contributed by atoms with Gasteiger partial charge in [0, 0.05) is 25.3 Å². The van der Waals surface area contributed by atoms with Gasteiger partial charge in [-0.25, -0.2) is 0 Å². The minimum absolute atomic E-state index is 0.319. The second-order valence-corrected chi connectivity index (χ2v) is 6.99. The van der Waals surface area contributed by atoms with E-state index in [1.165, 1.54) is 10.5 Å². The van der Waals surface area contributed by atoms with Crippen molar-refractivity contribution in [3.05, 3.63) is 57.5 Å². The van der Waals surface area contributed by atoms with Gasteiger partial charge >= 0.3 is 0 Å². The summed E-state index contributed by atoms with van der Waals surface area (Å²) in [6.07, 6.45) is 0. The number of nitrogens with one attached hydrogen (secondary N) is 1. The third kappa shape index (κ3) is 4.26. The molecule has 1 N–H and O–H groups in total. The van der Waals surface area contributed by atoms with Crippen molar-refractivity contribution in [3.8, 4) is 0 Å². The van der Waals surface area contributed by atoms with Gasteiger partial charge in [0.15, 0.2) is 0 Å². The summed E-state index contributed by atoms with van der Waals surface area (Å²) >= 11 is 11.4. The largest absolute Gasteiger partial charge is 0.310 e. The van der Waals surface area contributed by atoms with Crippen LogP contribution in [0, 0.1) is 0 Å². The summed E-state index contributed by atoms with van der Waals surface area (Å²) in [6, 6.07) is 14.7. The molecule has 0 saturated carbocycles. The predicted molar refractivity (Wildman–Crippen MR) is 91.8 cm³/mol. The van der Waals surface area contributed by atoms with Crippen molar-refractivity contribution in [2.24, 2.45) is 0 Å². The van der Waals surface area contributed by atoms with E-state index in [2.05, 4.69) is 59.4 Å². The van der Waals surface area contributed by atoms with Crippen LogP contribution in [-0.4, -0.2) is 6.54 Å². The molecular formula is C16H17BrClNS. The zero-order valence-electron chi connectivity index (χ0n) is 11.5. The van der Waals surface area contributed by atoms with Gasteiger partial charge in [-0.15, -0.1) is 0 Å². The van der Waals surface area contributed by atoms with Gasteiger partial charge < -0.3 is 5.32 Å². The van der Waals surface area contributed by atoms with Gasteiger partial charge in [0.25, 0.3) is 0 Å². The smallest absolute Gasteiger partial charge is 0.0417 e. The average molecular weight is 371 g/mol. The molecule has 0 fully saturated rings. The molecule has 2 rings (SSSR count). The number of halogens is 2. The van der Waals surface area contributed by atoms with Crippen molar-refractivity contribution >= 4 is 39.3 Å². The molecule has 2 aromatic carbocycles. The molecule has 4 heteroatoms. The highest BCUT2D eigenvalue weighted by Crippen LogP contribution is 2.35. The Kier molecular flexibility index (Phi) is 5.97. The van der Waals surface area contributed by atoms with Crippen molar-refractivity contribution in [1.82, 2.24) is 5.32 Å². The van der Waals surface area contributed by atoms with E-state index < -0.39 is 0 Å². The van der Waals surface area contributed by atoms with Crippen molar-refractivity contribution in [1.29, 1.82) is 0 Å². The van der Waals surface area contributed by atoms with Crippen LogP contribution in [0.5, 0.6) is 0 Å². The van der Waals surface area contributed by atoms with Gasteiger partial charge in [-0.1, -0.05) is 52.3 Å². The Labute approximate surface area is 138 Å². The van der Waals surface area contributed by atoms with E-state index in [9.17, 15) is 0 Å². The summed E-state index contributed by atoms with van der Waals surface area (Å²) < 4.78 is 1.10. The van der Waals surface area contributed by atoms with Crippen LogP contribution in [0.3, 0.4) is 0 Å². The first-order chi connectivity index (χ1) is 9.60. The maximum Gasteiger partial charge on any atom is 0.0417 e. The molecule has 2 aromatic rings. The Morgan fingerprint density at radius 2 is 2.05 bits per heavy atom. The zero-order chi connectivity index (χ0) is 14.5. The average Bonchev–Trinajstić information content (AvgIpc) is 2.41. The highest BCUT2D eigenvalue weighted by atomic mass is 79.9. The van der Waals surface area contributed by atoms with Gasteiger partial charge in [0.05, 0.1) is 0 Å². The molecule has 0 saturated heterocycles. The summed E-state index contributed by atoms with van der Waals surface area (Å²) in [5.41, 5.74) is 1.30. The van der Waals surface area contributed by atoms with Crippen LogP contribution in [0.2, 0.25) is 5.02 Å². The lowest BCUT2D eigenvalue weighted by atomic mass is 10.1. The van der Waals surface area contributed by atoms with Crippen LogP contribution in [0.15, 0.2) is 56.7 Å². The standard InChI is InChI=1S/C16H17BrClNS/c1-3-19-11(2)15-9-12(17)7-8-16(15)20-14-6-4-5-13(18)10-14/h4-11,19H,3H2,1-2H3. The first-order valence-electron chi connectivity index (χ1n) is 6.56. The predicted octanol–water partition coefficient (Wildman–Crippen LogP) is 5.92. The molecule has 0 aliphatic heterocycles. The lowest BCUT2D eigenvalue weighted by Crippen LogP contribution is -2.18. The number of hydrogen-bond acceptors (Lipinski definition) is 2. The molecule has 20 heavy (non-hydrogen) atoms. The fourth-order valence-electron chi connectivity index (χ4n) is 2.02. The van der Waals surface area contributed by atoms with Crippen molar-refractivity contribution < 1.29 is 0 Å². The van der Waals surface area contributed by atoms with Crippen molar-refractivity contribution in [2.75, 3.05) is 6.54 Å². The van der Waals surface area contributed by atoms with E-state index in [4.69, 9.17) is 11.6 Å². The molecule has 0 radical (unpaired) electrons. The topological polar surface area (TPSA) is 12.0 Å². The van der Waals surface area contributed by atoms with Gasteiger partial charge in [0.2, 0.25) is 0 Å². The van der Waals surface area contributed by atoms with Crippen LogP contribution >= 0.6 is 39.3 Å². The summed E-state index contributed by atoms with van der Waals surface area (Å²) in [5.74, 6) is 0. The molecule has 0 aliphatic rings. The highest BCUT2D eigenvalue weighted by Gasteiger charge is 2.11. The van der Waals surface area contributed by atoms with Crippen LogP contribution in [0.1, 0.15) is 25.5 Å². The van der Waals surface area contributed by atoms with E-state index in [-0.39, 0.29) is 0 Å². The zero-order valence-corrected chi connectivity index (χ0v) is 14.6. The molecule has 0 aliphatic carbocycles. The summed E-state index contributed by atoms with van der Waals surface area (Å²) in [4.78, 5) is 2.41. The fraction of sp³-hybridized carbons (Fsp3) is 0.250. The maximum atomic E-state index is 6.06. The molecule has 1 atom stereocenters. The van der Waals surface area contributed by atoms with E-state index in [1.54, 1.807) is 11.8 Å². The number of benzene rings is 2. The maximum absolute atomic E-state index is 6.06. The third-order valence-electron chi connectivity index (χ3n) is 2.97. The number of rotatable bonds is 5. The Hall–Kier alpha value is -0.480. The second kappa shape index (κ2) is 7.51. The lowest BCUT2D eigenvalue weighted by molar-refractivity contribution is 0.589. The SMILES string of the molecule is CCNC(C)c1cc(Br)ccc1Sc1cccc(Cl)c1. The van der Waals surface area contributed by atoms with Crippen LogP contribution < -0.4 is 5.32 Å². The van der Waals surface area contributed by atoms with Crippen LogP contribution in [0.25, 0.3) is 0 Å². The summed E-state index contributed by atoms with van der Waals surface area (Å²) in [5, 5.41) is 4.24. The van der Waals surface area contributed by atoms with E-state index in [0.29, 0.717) is 6.04 Å². The molecule has 0 heterocycles. The highest BCUT2D eigenvalue weighted by molar-refractivity contribution is 9.10. The third-order valence-corrected chi connectivity index (χ3v) is 4.78. The molecule has 0 bridgehead atoms. The van der Waals surface area contributed by atoms with E-state index in [0.717, 1.165) is 20.9 Å². The molecule has 0 amide bonds. The van der Waals surface area contributed by atoms with Gasteiger partial charge in [-0.3, -0.25) is 0 Å². The number of hydrogen-bond donors (Lipinski definition) is 1. The molecular weight excluding hydrogens is 354 g/mol. The minimum Gasteiger partial charge on any atom is -0.310 e. The van der Waals surface area contributed by atoms with Crippen molar-refractivity contribution in [3.63, 3.8) is 0 Å². The summed E-state index contributed by atoms with van der Waals surface area (Å²) in [7, 11) is 0. The Morgan fingerprint density at radius 1 is 1.25 bits per heavy atom. The molecule has 0 spiro atoms. The summed E-state index contributed by atoms with van der Waals surface area (Å²) in [6.45, 7) is 5.26. The Balaban J connectivity index is 2.31. The lowest BCUT2D eigenvalue weighted by Gasteiger charge is -2.17. The second-order valence-electron chi connectivity index (χ2n) is 4.52. The molecule has 0 aromatic heterocycles. The van der Waals surface area contributed by atoms with Crippen molar-refractivity contribution in [2.45, 2.75) is 29.7 Å². The fourth-order valence-corrected chi connectivity index (χ4v) is 3.73. The van der Waals surface area contributed by atoms with Gasteiger partial charge in [-0.2, -0.15) is 0 Å². The van der Waals surface area contributed by atoms with E-state index in [1.807, 2.05) is 18.2 Å². The Bertz CT molecular complexity index is 588. The first-order valence-corrected chi connectivity index (χ1v) is 8.55. The molecule has 1 unspecified atom stereocenters. The van der Waals surface area contributed by atoms with Gasteiger partial charge in [0.1, 0.15) is 0 Å². The minimum atomic E-state index is 0.319. The normalized spacial score (nSPS) is 12.4. The van der Waals surface area contributed by atoms with Crippen LogP contribution in [-0.2, 0) is 0 Å². The first kappa shape index (κ1) is 15.9.